The Balaban J connectivity index is 1.30. The molecule has 0 unspecified atom stereocenters. The first kappa shape index (κ1) is 35.5. The minimum Gasteiger partial charge on any atom is -0.490 e. The van der Waals surface area contributed by atoms with Gasteiger partial charge in [-0.05, 0) is 91.8 Å². The lowest BCUT2D eigenvalue weighted by Gasteiger charge is -2.46. The highest BCUT2D eigenvalue weighted by Crippen LogP contribution is 2.47. The van der Waals surface area contributed by atoms with Crippen LogP contribution in [0.2, 0.25) is 5.02 Å². The lowest BCUT2D eigenvalue weighted by atomic mass is 9.68. The van der Waals surface area contributed by atoms with Crippen molar-refractivity contribution >= 4 is 39.0 Å². The Bertz CT molecular complexity index is 1990. The number of fused-ring (bicyclic) bond motifs is 4. The van der Waals surface area contributed by atoms with E-state index in [9.17, 15) is 18.9 Å². The molecule has 2 aliphatic heterocycles. The molecule has 2 aliphatic carbocycles. The van der Waals surface area contributed by atoms with Gasteiger partial charge in [0.05, 0.1) is 37.4 Å². The minimum absolute atomic E-state index is 0.0261. The summed E-state index contributed by atoms with van der Waals surface area (Å²) in [6.07, 6.45) is 8.54. The summed E-state index contributed by atoms with van der Waals surface area (Å²) in [5, 5.41) is 15.8. The minimum atomic E-state index is -3.74. The van der Waals surface area contributed by atoms with Gasteiger partial charge in [-0.2, -0.15) is 0 Å². The molecule has 14 heteroatoms. The van der Waals surface area contributed by atoms with Gasteiger partial charge in [0, 0.05) is 49.4 Å². The summed E-state index contributed by atoms with van der Waals surface area (Å²) in [7, 11) is 0.932. The molecular weight excluding hydrogens is 694 g/mol. The molecule has 6 atom stereocenters. The second kappa shape index (κ2) is 14.3. The molecule has 2 amide bonds. The van der Waals surface area contributed by atoms with Gasteiger partial charge in [-0.25, -0.2) is 4.21 Å². The average Bonchev–Trinajstić information content (AvgIpc) is 3.42. The third kappa shape index (κ3) is 7.13. The van der Waals surface area contributed by atoms with Crippen molar-refractivity contribution in [2.45, 2.75) is 56.1 Å². The number of aryl methyl sites for hydroxylation is 2. The highest BCUT2D eigenvalue weighted by molar-refractivity contribution is 7.92. The molecule has 3 heterocycles. The molecule has 7 rings (SSSR count). The molecule has 2 aromatic carbocycles. The number of carbonyl (C=O) groups is 2. The number of carbonyl (C=O) groups excluding carboxylic acids is 2. The summed E-state index contributed by atoms with van der Waals surface area (Å²) >= 11 is 6.44. The number of benzene rings is 2. The van der Waals surface area contributed by atoms with Crippen LogP contribution in [0.1, 0.15) is 63.9 Å². The fourth-order valence-corrected chi connectivity index (χ4v) is 9.84. The lowest BCUT2D eigenvalue weighted by molar-refractivity contribution is 0.0126. The van der Waals surface area contributed by atoms with Crippen LogP contribution >= 0.6 is 11.6 Å². The van der Waals surface area contributed by atoms with Crippen molar-refractivity contribution in [3.05, 3.63) is 82.0 Å². The molecule has 12 nitrogen and oxygen atoms in total. The van der Waals surface area contributed by atoms with E-state index in [-0.39, 0.29) is 46.6 Å². The van der Waals surface area contributed by atoms with Crippen LogP contribution in [-0.4, -0.2) is 82.8 Å². The van der Waals surface area contributed by atoms with Crippen LogP contribution in [0.15, 0.2) is 59.1 Å². The number of ether oxygens (including phenoxy) is 3. The molecule has 1 saturated carbocycles. The lowest BCUT2D eigenvalue weighted by Crippen LogP contribution is -2.49. The van der Waals surface area contributed by atoms with Crippen molar-refractivity contribution in [1.29, 1.82) is 0 Å². The number of methoxy groups -OCH3 is 2. The highest BCUT2D eigenvalue weighted by atomic mass is 35.5. The Morgan fingerprint density at radius 2 is 2.00 bits per heavy atom. The topological polar surface area (TPSA) is 145 Å². The molecule has 3 aromatic rings. The van der Waals surface area contributed by atoms with E-state index in [1.807, 2.05) is 12.1 Å². The zero-order valence-electron chi connectivity index (χ0n) is 29.0. The molecule has 51 heavy (non-hydrogen) atoms. The SMILES string of the molecule is COc1nn(C)cc1C(=O)N[S@@]1(=O)=NC(=O)c2ccc3c(c2)N(C[C@@H]2CC[C@H]2[C@@H](OC)/C=C/[C@H](O)CC1)C[C@@]1(CCCc2cc(Cl)ccc21)CO3. The van der Waals surface area contributed by atoms with E-state index in [0.29, 0.717) is 36.4 Å². The third-order valence-electron chi connectivity index (χ3n) is 10.8. The van der Waals surface area contributed by atoms with Crippen LogP contribution in [0.4, 0.5) is 5.69 Å². The van der Waals surface area contributed by atoms with Gasteiger partial charge in [-0.3, -0.25) is 19.0 Å². The normalized spacial score (nSPS) is 29.7. The van der Waals surface area contributed by atoms with E-state index in [2.05, 4.69) is 31.2 Å². The molecular formula is C37H44ClN5O7S. The second-order valence-electron chi connectivity index (χ2n) is 14.1. The van der Waals surface area contributed by atoms with Crippen molar-refractivity contribution in [2.75, 3.05) is 44.6 Å². The van der Waals surface area contributed by atoms with Gasteiger partial charge in [0.1, 0.15) is 21.2 Å². The molecule has 4 aliphatic rings. The first-order valence-corrected chi connectivity index (χ1v) is 19.4. The number of anilines is 1. The zero-order chi connectivity index (χ0) is 35.9. The fraction of sp³-hybridized carbons (Fsp3) is 0.486. The first-order valence-electron chi connectivity index (χ1n) is 17.4. The van der Waals surface area contributed by atoms with Gasteiger partial charge >= 0.3 is 0 Å². The number of hydrogen-bond acceptors (Lipinski definition) is 9. The van der Waals surface area contributed by atoms with E-state index in [1.165, 1.54) is 29.1 Å². The third-order valence-corrected chi connectivity index (χ3v) is 12.8. The summed E-state index contributed by atoms with van der Waals surface area (Å²) in [5.74, 6) is -0.603. The Morgan fingerprint density at radius 3 is 2.76 bits per heavy atom. The number of nitrogens with one attached hydrogen (secondary N) is 1. The van der Waals surface area contributed by atoms with Gasteiger partial charge in [-0.15, -0.1) is 9.46 Å². The van der Waals surface area contributed by atoms with Crippen LogP contribution in [-0.2, 0) is 33.5 Å². The average molecular weight is 738 g/mol. The maximum absolute atomic E-state index is 14.4. The molecule has 272 valence electrons. The van der Waals surface area contributed by atoms with E-state index >= 15 is 0 Å². The van der Waals surface area contributed by atoms with Crippen molar-refractivity contribution in [1.82, 2.24) is 14.5 Å². The molecule has 2 bridgehead atoms. The molecule has 1 spiro atoms. The van der Waals surface area contributed by atoms with Gasteiger partial charge in [0.25, 0.3) is 11.8 Å². The maximum Gasteiger partial charge on any atom is 0.286 e. The second-order valence-corrected chi connectivity index (χ2v) is 16.6. The van der Waals surface area contributed by atoms with Crippen molar-refractivity contribution < 1.29 is 33.1 Å². The summed E-state index contributed by atoms with van der Waals surface area (Å²) < 4.78 is 40.2. The van der Waals surface area contributed by atoms with Crippen molar-refractivity contribution in [3.8, 4) is 11.6 Å². The Hall–Kier alpha value is -3.91. The van der Waals surface area contributed by atoms with Crippen molar-refractivity contribution in [2.24, 2.45) is 23.2 Å². The Kier molecular flexibility index (Phi) is 9.92. The summed E-state index contributed by atoms with van der Waals surface area (Å²) in [6, 6.07) is 11.3. The summed E-state index contributed by atoms with van der Waals surface area (Å²) in [6.45, 7) is 1.84. The number of amides is 2. The van der Waals surface area contributed by atoms with Crippen LogP contribution in [0.3, 0.4) is 0 Å². The quantitative estimate of drug-likeness (QED) is 0.359. The van der Waals surface area contributed by atoms with E-state index in [4.69, 9.17) is 25.8 Å². The van der Waals surface area contributed by atoms with Crippen LogP contribution < -0.4 is 19.1 Å². The van der Waals surface area contributed by atoms with Crippen LogP contribution in [0.5, 0.6) is 11.6 Å². The van der Waals surface area contributed by atoms with Gasteiger partial charge in [0.2, 0.25) is 5.88 Å². The van der Waals surface area contributed by atoms with E-state index in [1.54, 1.807) is 38.4 Å². The van der Waals surface area contributed by atoms with Crippen LogP contribution in [0, 0.1) is 11.8 Å². The largest absolute Gasteiger partial charge is 0.490 e. The fourth-order valence-electron chi connectivity index (χ4n) is 8.08. The number of nitrogens with zero attached hydrogens (tertiary/aromatic N) is 4. The van der Waals surface area contributed by atoms with Crippen molar-refractivity contribution in [3.63, 3.8) is 0 Å². The highest BCUT2D eigenvalue weighted by Gasteiger charge is 2.44. The zero-order valence-corrected chi connectivity index (χ0v) is 30.6. The van der Waals surface area contributed by atoms with E-state index < -0.39 is 27.8 Å². The maximum atomic E-state index is 14.4. The predicted octanol–water partition coefficient (Wildman–Crippen LogP) is 4.87. The monoisotopic (exact) mass is 737 g/mol. The smallest absolute Gasteiger partial charge is 0.286 e. The number of rotatable bonds is 4. The number of aliphatic hydroxyl groups excluding tert-OH is 1. The predicted molar refractivity (Wildman–Crippen MR) is 194 cm³/mol. The first-order chi connectivity index (χ1) is 24.5. The standard InChI is InChI=1S/C37H44ClN5O7S/c1-42-20-29(36(39-42)49-3)35(46)41-51(47)16-14-27(44)9-13-32(48-2)28-10-6-25(28)19-43-21-37(15-4-5-23-17-26(38)8-11-30(23)37)22-50-33-12-7-24(18-31(33)43)34(45)40-51/h7-9,11-13,17-18,20,25,27-28,32,44H,4-6,10,14-16,19,21-22H2,1-3H3,(H,40,41,45,46,47)/b13-9+/t25-,27-,28+,32-,37-,51-/m0/s1. The summed E-state index contributed by atoms with van der Waals surface area (Å²) in [5.41, 5.74) is 3.18. The summed E-state index contributed by atoms with van der Waals surface area (Å²) in [4.78, 5) is 29.7. The number of hydrogen-bond donors (Lipinski definition) is 2. The Morgan fingerprint density at radius 1 is 1.16 bits per heavy atom. The molecule has 0 radical (unpaired) electrons. The number of aliphatic hydroxyl groups is 1. The van der Waals surface area contributed by atoms with E-state index in [0.717, 1.165) is 37.8 Å². The van der Waals surface area contributed by atoms with Gasteiger partial charge in [0.15, 0.2) is 0 Å². The van der Waals surface area contributed by atoms with Crippen LogP contribution in [0.25, 0.3) is 0 Å². The Labute approximate surface area is 303 Å². The van der Waals surface area contributed by atoms with Gasteiger partial charge in [-0.1, -0.05) is 29.8 Å². The van der Waals surface area contributed by atoms with Gasteiger partial charge < -0.3 is 24.2 Å². The molecule has 1 fully saturated rings. The molecule has 2 N–H and O–H groups in total. The number of halogens is 1. The molecule has 0 saturated heterocycles. The number of aromatic nitrogens is 2. The molecule has 1 aromatic heterocycles.